The molecule has 1 heterocycles. The molecule has 1 fully saturated rings. The molecule has 7 heteroatoms. The van der Waals surface area contributed by atoms with Crippen LogP contribution in [0.25, 0.3) is 0 Å². The van der Waals surface area contributed by atoms with Crippen LogP contribution >= 0.6 is 15.9 Å². The van der Waals surface area contributed by atoms with Crippen LogP contribution in [0.4, 0.5) is 0 Å². The molecule has 0 unspecified atom stereocenters. The van der Waals surface area contributed by atoms with Gasteiger partial charge in [-0.1, -0.05) is 40.2 Å². The predicted molar refractivity (Wildman–Crippen MR) is 117 cm³/mol. The Morgan fingerprint density at radius 1 is 0.967 bits per heavy atom. The van der Waals surface area contributed by atoms with Gasteiger partial charge >= 0.3 is 5.97 Å². The lowest BCUT2D eigenvalue weighted by atomic mass is 10.1. The Labute approximate surface area is 184 Å². The third-order valence-electron chi connectivity index (χ3n) is 5.04. The number of rotatable bonds is 5. The average Bonchev–Trinajstić information content (AvgIpc) is 2.98. The maximum absolute atomic E-state index is 12.9. The van der Waals surface area contributed by atoms with Crippen molar-refractivity contribution >= 4 is 33.7 Å². The van der Waals surface area contributed by atoms with Crippen LogP contribution < -0.4 is 4.74 Å². The molecular weight excluding hydrogens is 448 g/mol. The Morgan fingerprint density at radius 3 is 2.47 bits per heavy atom. The minimum Gasteiger partial charge on any atom is -0.427 e. The van der Waals surface area contributed by atoms with Crippen molar-refractivity contribution in [3.05, 3.63) is 64.1 Å². The predicted octanol–water partition coefficient (Wildman–Crippen LogP) is 3.68. The number of amides is 2. The Bertz CT molecular complexity index is 931. The van der Waals surface area contributed by atoms with Gasteiger partial charge in [0.1, 0.15) is 5.75 Å². The van der Waals surface area contributed by atoms with Crippen molar-refractivity contribution in [2.75, 3.05) is 26.2 Å². The molecule has 30 heavy (non-hydrogen) atoms. The first-order chi connectivity index (χ1) is 14.4. The van der Waals surface area contributed by atoms with E-state index in [1.54, 1.807) is 29.2 Å². The molecule has 0 aromatic heterocycles. The van der Waals surface area contributed by atoms with Crippen molar-refractivity contribution in [1.82, 2.24) is 9.80 Å². The van der Waals surface area contributed by atoms with Gasteiger partial charge < -0.3 is 14.5 Å². The number of esters is 1. The standard InChI is InChI=1S/C23H25BrN2O4/c1-17(27)30-20-8-4-7-19(16-20)23(29)26-13-5-12-25(14-15-26)22(28)11-10-18-6-2-3-9-21(18)24/h2-4,6-9,16H,5,10-15H2,1H3. The van der Waals surface area contributed by atoms with E-state index in [0.29, 0.717) is 50.3 Å². The van der Waals surface area contributed by atoms with Crippen molar-refractivity contribution in [3.63, 3.8) is 0 Å². The van der Waals surface area contributed by atoms with E-state index < -0.39 is 5.97 Å². The largest absolute Gasteiger partial charge is 0.427 e. The minimum atomic E-state index is -0.425. The molecule has 0 saturated carbocycles. The van der Waals surface area contributed by atoms with E-state index in [9.17, 15) is 14.4 Å². The molecule has 1 aliphatic rings. The van der Waals surface area contributed by atoms with Gasteiger partial charge in [-0.25, -0.2) is 0 Å². The van der Waals surface area contributed by atoms with Gasteiger partial charge in [0.2, 0.25) is 5.91 Å². The summed E-state index contributed by atoms with van der Waals surface area (Å²) in [6.07, 6.45) is 1.86. The van der Waals surface area contributed by atoms with Gasteiger partial charge in [-0.3, -0.25) is 14.4 Å². The van der Waals surface area contributed by atoms with Crippen LogP contribution in [0.3, 0.4) is 0 Å². The highest BCUT2D eigenvalue weighted by Gasteiger charge is 2.23. The molecule has 0 aliphatic carbocycles. The average molecular weight is 473 g/mol. The van der Waals surface area contributed by atoms with Crippen LogP contribution in [0, 0.1) is 0 Å². The second-order valence-electron chi connectivity index (χ2n) is 7.24. The summed E-state index contributed by atoms with van der Waals surface area (Å²) in [5, 5.41) is 0. The van der Waals surface area contributed by atoms with E-state index in [1.807, 2.05) is 29.2 Å². The molecule has 0 radical (unpaired) electrons. The van der Waals surface area contributed by atoms with Gasteiger partial charge in [0, 0.05) is 49.6 Å². The van der Waals surface area contributed by atoms with Gasteiger partial charge in [-0.15, -0.1) is 0 Å². The van der Waals surface area contributed by atoms with E-state index in [2.05, 4.69) is 15.9 Å². The molecule has 6 nitrogen and oxygen atoms in total. The number of ether oxygens (including phenoxy) is 1. The highest BCUT2D eigenvalue weighted by molar-refractivity contribution is 9.10. The van der Waals surface area contributed by atoms with E-state index in [0.717, 1.165) is 16.5 Å². The fourth-order valence-electron chi connectivity index (χ4n) is 3.51. The van der Waals surface area contributed by atoms with Gasteiger partial charge in [0.25, 0.3) is 5.91 Å². The van der Waals surface area contributed by atoms with Crippen molar-refractivity contribution in [3.8, 4) is 5.75 Å². The van der Waals surface area contributed by atoms with Gasteiger partial charge in [-0.05, 0) is 42.7 Å². The summed E-state index contributed by atoms with van der Waals surface area (Å²) < 4.78 is 6.09. The topological polar surface area (TPSA) is 66.9 Å². The summed E-state index contributed by atoms with van der Waals surface area (Å²) in [6, 6.07) is 14.5. The fourth-order valence-corrected chi connectivity index (χ4v) is 3.99. The molecule has 1 saturated heterocycles. The van der Waals surface area contributed by atoms with E-state index in [1.165, 1.54) is 6.92 Å². The number of benzene rings is 2. The first-order valence-electron chi connectivity index (χ1n) is 10.0. The number of halogens is 1. The van der Waals surface area contributed by atoms with Crippen LogP contribution in [0.5, 0.6) is 5.75 Å². The third-order valence-corrected chi connectivity index (χ3v) is 5.82. The molecular formula is C23H25BrN2O4. The summed E-state index contributed by atoms with van der Waals surface area (Å²) in [5.41, 5.74) is 1.59. The molecule has 158 valence electrons. The molecule has 0 spiro atoms. The first kappa shape index (κ1) is 22.0. The van der Waals surface area contributed by atoms with Gasteiger partial charge in [0.15, 0.2) is 0 Å². The molecule has 2 aromatic carbocycles. The zero-order valence-electron chi connectivity index (χ0n) is 17.0. The number of carbonyl (C=O) groups is 3. The number of nitrogens with zero attached hydrogens (tertiary/aromatic N) is 2. The third kappa shape index (κ3) is 5.92. The number of hydrogen-bond acceptors (Lipinski definition) is 4. The maximum atomic E-state index is 12.9. The van der Waals surface area contributed by atoms with Crippen LogP contribution in [0.1, 0.15) is 35.7 Å². The fraction of sp³-hybridized carbons (Fsp3) is 0.348. The summed E-state index contributed by atoms with van der Waals surface area (Å²) in [7, 11) is 0. The van der Waals surface area contributed by atoms with Crippen LogP contribution in [-0.2, 0) is 16.0 Å². The lowest BCUT2D eigenvalue weighted by molar-refractivity contribution is -0.132. The van der Waals surface area contributed by atoms with Gasteiger partial charge in [-0.2, -0.15) is 0 Å². The van der Waals surface area contributed by atoms with E-state index in [4.69, 9.17) is 4.74 Å². The molecule has 2 aromatic rings. The lowest BCUT2D eigenvalue weighted by Gasteiger charge is -2.22. The Balaban J connectivity index is 1.56. The molecule has 1 aliphatic heterocycles. The monoisotopic (exact) mass is 472 g/mol. The van der Waals surface area contributed by atoms with Gasteiger partial charge in [0.05, 0.1) is 0 Å². The molecule has 2 amide bonds. The highest BCUT2D eigenvalue weighted by atomic mass is 79.9. The summed E-state index contributed by atoms with van der Waals surface area (Å²) in [6.45, 7) is 3.56. The van der Waals surface area contributed by atoms with Crippen molar-refractivity contribution in [1.29, 1.82) is 0 Å². The summed E-state index contributed by atoms with van der Waals surface area (Å²) >= 11 is 3.52. The van der Waals surface area contributed by atoms with E-state index in [-0.39, 0.29) is 11.8 Å². The maximum Gasteiger partial charge on any atom is 0.308 e. The first-order valence-corrected chi connectivity index (χ1v) is 10.8. The molecule has 0 atom stereocenters. The summed E-state index contributed by atoms with van der Waals surface area (Å²) in [4.78, 5) is 40.3. The smallest absolute Gasteiger partial charge is 0.308 e. The highest BCUT2D eigenvalue weighted by Crippen LogP contribution is 2.19. The Hall–Kier alpha value is -2.67. The van der Waals surface area contributed by atoms with Crippen molar-refractivity contribution in [2.45, 2.75) is 26.2 Å². The molecule has 3 rings (SSSR count). The van der Waals surface area contributed by atoms with E-state index >= 15 is 0 Å². The van der Waals surface area contributed by atoms with Crippen LogP contribution in [0.15, 0.2) is 53.0 Å². The second kappa shape index (κ2) is 10.4. The molecule has 0 bridgehead atoms. The SMILES string of the molecule is CC(=O)Oc1cccc(C(=O)N2CCCN(C(=O)CCc3ccccc3Br)CC2)c1. The molecule has 0 N–H and O–H groups in total. The number of aryl methyl sites for hydroxylation is 1. The zero-order chi connectivity index (χ0) is 21.5. The lowest BCUT2D eigenvalue weighted by Crippen LogP contribution is -2.37. The van der Waals surface area contributed by atoms with Crippen molar-refractivity contribution in [2.24, 2.45) is 0 Å². The number of hydrogen-bond donors (Lipinski definition) is 0. The summed E-state index contributed by atoms with van der Waals surface area (Å²) in [5.74, 6) is -0.0819. The second-order valence-corrected chi connectivity index (χ2v) is 8.09. The quantitative estimate of drug-likeness (QED) is 0.491. The Morgan fingerprint density at radius 2 is 1.70 bits per heavy atom. The van der Waals surface area contributed by atoms with Crippen LogP contribution in [-0.4, -0.2) is 53.8 Å². The Kier molecular flexibility index (Phi) is 7.63. The zero-order valence-corrected chi connectivity index (χ0v) is 18.6. The van der Waals surface area contributed by atoms with Crippen molar-refractivity contribution < 1.29 is 19.1 Å². The normalized spacial score (nSPS) is 14.2. The number of carbonyl (C=O) groups excluding carboxylic acids is 3. The minimum absolute atomic E-state index is 0.108. The van der Waals surface area contributed by atoms with Crippen LogP contribution in [0.2, 0.25) is 0 Å².